The van der Waals surface area contributed by atoms with Crippen molar-refractivity contribution in [3.05, 3.63) is 24.3 Å². The van der Waals surface area contributed by atoms with Crippen LogP contribution in [-0.4, -0.2) is 22.0 Å². The van der Waals surface area contributed by atoms with Crippen molar-refractivity contribution in [2.45, 2.75) is 26.4 Å². The minimum absolute atomic E-state index is 0.164. The standard InChI is InChI=1S/C11H15NO2/c1-8(7-9(2)13)12-10-5-3-4-6-11(10)14/h3-6,9,13-14H,7H2,1-2H3. The van der Waals surface area contributed by atoms with Crippen molar-refractivity contribution in [2.75, 3.05) is 0 Å². The van der Waals surface area contributed by atoms with Crippen LogP contribution in [0.15, 0.2) is 29.3 Å². The highest BCUT2D eigenvalue weighted by Gasteiger charge is 2.01. The molecule has 0 spiro atoms. The third kappa shape index (κ3) is 3.18. The Morgan fingerprint density at radius 1 is 1.43 bits per heavy atom. The average molecular weight is 193 g/mol. The molecule has 0 heterocycles. The van der Waals surface area contributed by atoms with Crippen molar-refractivity contribution in [1.82, 2.24) is 0 Å². The molecule has 0 aliphatic heterocycles. The van der Waals surface area contributed by atoms with Crippen LogP contribution in [0.3, 0.4) is 0 Å². The smallest absolute Gasteiger partial charge is 0.141 e. The van der Waals surface area contributed by atoms with Crippen molar-refractivity contribution in [1.29, 1.82) is 0 Å². The zero-order valence-electron chi connectivity index (χ0n) is 8.44. The molecule has 2 N–H and O–H groups in total. The molecule has 0 bridgehead atoms. The first-order valence-corrected chi connectivity index (χ1v) is 4.60. The molecule has 0 amide bonds. The summed E-state index contributed by atoms with van der Waals surface area (Å²) in [6, 6.07) is 6.89. The summed E-state index contributed by atoms with van der Waals surface area (Å²) in [5.74, 6) is 0.164. The fourth-order valence-electron chi connectivity index (χ4n) is 1.24. The summed E-state index contributed by atoms with van der Waals surface area (Å²) in [4.78, 5) is 4.21. The van der Waals surface area contributed by atoms with Gasteiger partial charge in [0.05, 0.1) is 6.10 Å². The van der Waals surface area contributed by atoms with Gasteiger partial charge in [-0.25, -0.2) is 0 Å². The van der Waals surface area contributed by atoms with Gasteiger partial charge in [0.1, 0.15) is 11.4 Å². The van der Waals surface area contributed by atoms with Crippen molar-refractivity contribution in [3.8, 4) is 5.75 Å². The predicted octanol–water partition coefficient (Wildman–Crippen LogP) is 2.26. The van der Waals surface area contributed by atoms with Gasteiger partial charge >= 0.3 is 0 Å². The lowest BCUT2D eigenvalue weighted by molar-refractivity contribution is 0.203. The molecule has 0 saturated carbocycles. The molecular weight excluding hydrogens is 178 g/mol. The van der Waals surface area contributed by atoms with Crippen LogP contribution in [0, 0.1) is 0 Å². The molecule has 0 fully saturated rings. The van der Waals surface area contributed by atoms with Gasteiger partial charge in [0.2, 0.25) is 0 Å². The summed E-state index contributed by atoms with van der Waals surface area (Å²) < 4.78 is 0. The van der Waals surface area contributed by atoms with E-state index in [4.69, 9.17) is 5.11 Å². The molecule has 14 heavy (non-hydrogen) atoms. The lowest BCUT2D eigenvalue weighted by Crippen LogP contribution is -2.05. The second kappa shape index (κ2) is 4.77. The maximum absolute atomic E-state index is 9.42. The number of phenolic OH excluding ortho intramolecular Hbond substituents is 1. The van der Waals surface area contributed by atoms with Crippen LogP contribution in [0.4, 0.5) is 5.69 Å². The van der Waals surface area contributed by atoms with Crippen LogP contribution >= 0.6 is 0 Å². The van der Waals surface area contributed by atoms with Gasteiger partial charge in [-0.05, 0) is 26.0 Å². The number of aliphatic hydroxyl groups excluding tert-OH is 1. The molecule has 1 rings (SSSR count). The number of aliphatic imine (C=N–C) groups is 1. The summed E-state index contributed by atoms with van der Waals surface area (Å²) in [6.07, 6.45) is 0.124. The van der Waals surface area contributed by atoms with Gasteiger partial charge in [0, 0.05) is 12.1 Å². The fourth-order valence-corrected chi connectivity index (χ4v) is 1.24. The van der Waals surface area contributed by atoms with Crippen LogP contribution in [0.5, 0.6) is 5.75 Å². The number of aromatic hydroxyl groups is 1. The van der Waals surface area contributed by atoms with Gasteiger partial charge in [-0.1, -0.05) is 12.1 Å². The number of hydrogen-bond donors (Lipinski definition) is 2. The highest BCUT2D eigenvalue weighted by Crippen LogP contribution is 2.25. The number of hydrogen-bond acceptors (Lipinski definition) is 3. The SMILES string of the molecule is CC(CC(C)O)=Nc1ccccc1O. The van der Waals surface area contributed by atoms with E-state index in [1.54, 1.807) is 25.1 Å². The summed E-state index contributed by atoms with van der Waals surface area (Å²) in [7, 11) is 0. The summed E-state index contributed by atoms with van der Waals surface area (Å²) in [6.45, 7) is 3.54. The second-order valence-corrected chi connectivity index (χ2v) is 3.39. The van der Waals surface area contributed by atoms with Crippen LogP contribution in [0.2, 0.25) is 0 Å². The zero-order valence-corrected chi connectivity index (χ0v) is 8.44. The summed E-state index contributed by atoms with van der Waals surface area (Å²) in [5, 5.41) is 18.6. The van der Waals surface area contributed by atoms with E-state index in [1.807, 2.05) is 13.0 Å². The molecule has 1 atom stereocenters. The molecule has 1 aromatic carbocycles. The van der Waals surface area contributed by atoms with E-state index in [9.17, 15) is 5.11 Å². The maximum Gasteiger partial charge on any atom is 0.141 e. The fraction of sp³-hybridized carbons (Fsp3) is 0.364. The molecule has 1 aromatic rings. The second-order valence-electron chi connectivity index (χ2n) is 3.39. The molecule has 0 aliphatic rings. The van der Waals surface area contributed by atoms with Crippen LogP contribution in [-0.2, 0) is 0 Å². The largest absolute Gasteiger partial charge is 0.506 e. The van der Waals surface area contributed by atoms with Crippen molar-refractivity contribution >= 4 is 11.4 Å². The molecule has 1 unspecified atom stereocenters. The Morgan fingerprint density at radius 2 is 2.07 bits per heavy atom. The highest BCUT2D eigenvalue weighted by molar-refractivity contribution is 5.85. The number of aliphatic hydroxyl groups is 1. The van der Waals surface area contributed by atoms with E-state index < -0.39 is 6.10 Å². The van der Waals surface area contributed by atoms with Gasteiger partial charge in [-0.2, -0.15) is 0 Å². The number of phenols is 1. The Kier molecular flexibility index (Phi) is 3.65. The van der Waals surface area contributed by atoms with E-state index in [1.165, 1.54) is 0 Å². The summed E-state index contributed by atoms with van der Waals surface area (Å²) in [5.41, 5.74) is 1.35. The third-order valence-electron chi connectivity index (χ3n) is 1.78. The van der Waals surface area contributed by atoms with Crippen molar-refractivity contribution in [2.24, 2.45) is 4.99 Å². The monoisotopic (exact) mass is 193 g/mol. The van der Waals surface area contributed by atoms with Gasteiger partial charge in [-0.3, -0.25) is 4.99 Å². The highest BCUT2D eigenvalue weighted by atomic mass is 16.3. The molecule has 3 heteroatoms. The molecule has 76 valence electrons. The average Bonchev–Trinajstić information content (AvgIpc) is 2.07. The minimum Gasteiger partial charge on any atom is -0.506 e. The first-order chi connectivity index (χ1) is 6.59. The molecule has 0 aromatic heterocycles. The molecule has 3 nitrogen and oxygen atoms in total. The maximum atomic E-state index is 9.42. The first kappa shape index (κ1) is 10.7. The topological polar surface area (TPSA) is 52.8 Å². The molecule has 0 radical (unpaired) electrons. The lowest BCUT2D eigenvalue weighted by Gasteiger charge is -2.04. The third-order valence-corrected chi connectivity index (χ3v) is 1.78. The van der Waals surface area contributed by atoms with Crippen molar-refractivity contribution < 1.29 is 10.2 Å². The number of benzene rings is 1. The van der Waals surface area contributed by atoms with Crippen LogP contribution in [0.1, 0.15) is 20.3 Å². The van der Waals surface area contributed by atoms with E-state index in [0.29, 0.717) is 12.1 Å². The Labute approximate surface area is 83.7 Å². The Balaban J connectivity index is 2.81. The molecule has 0 aliphatic carbocycles. The van der Waals surface area contributed by atoms with E-state index >= 15 is 0 Å². The van der Waals surface area contributed by atoms with Gasteiger partial charge in [0.25, 0.3) is 0 Å². The number of nitrogens with zero attached hydrogens (tertiary/aromatic N) is 1. The van der Waals surface area contributed by atoms with Gasteiger partial charge in [-0.15, -0.1) is 0 Å². The summed E-state index contributed by atoms with van der Waals surface area (Å²) >= 11 is 0. The quantitative estimate of drug-likeness (QED) is 0.723. The minimum atomic E-state index is -0.399. The molecular formula is C11H15NO2. The zero-order chi connectivity index (χ0) is 10.6. The number of rotatable bonds is 3. The van der Waals surface area contributed by atoms with Crippen LogP contribution < -0.4 is 0 Å². The molecule has 0 saturated heterocycles. The lowest BCUT2D eigenvalue weighted by atomic mass is 10.2. The van der Waals surface area contributed by atoms with Crippen LogP contribution in [0.25, 0.3) is 0 Å². The van der Waals surface area contributed by atoms with E-state index in [-0.39, 0.29) is 5.75 Å². The van der Waals surface area contributed by atoms with E-state index in [2.05, 4.69) is 4.99 Å². The van der Waals surface area contributed by atoms with E-state index in [0.717, 1.165) is 5.71 Å². The van der Waals surface area contributed by atoms with Gasteiger partial charge in [0.15, 0.2) is 0 Å². The van der Waals surface area contributed by atoms with Crippen molar-refractivity contribution in [3.63, 3.8) is 0 Å². The number of para-hydroxylation sites is 2. The normalized spacial score (nSPS) is 14.1. The predicted molar refractivity (Wildman–Crippen MR) is 57.2 cm³/mol. The first-order valence-electron chi connectivity index (χ1n) is 4.60. The Hall–Kier alpha value is -1.35. The Morgan fingerprint density at radius 3 is 2.64 bits per heavy atom. The van der Waals surface area contributed by atoms with Gasteiger partial charge < -0.3 is 10.2 Å². The Bertz CT molecular complexity index is 332.